The molecule has 2 amide bonds. The van der Waals surface area contributed by atoms with Gasteiger partial charge in [0.1, 0.15) is 0 Å². The molecule has 0 spiro atoms. The lowest BCUT2D eigenvalue weighted by atomic mass is 10.1. The minimum Gasteiger partial charge on any atom is -0.318 e. The first-order valence-corrected chi connectivity index (χ1v) is 7.73. The van der Waals surface area contributed by atoms with Gasteiger partial charge in [-0.2, -0.15) is 5.10 Å². The summed E-state index contributed by atoms with van der Waals surface area (Å²) in [5, 5.41) is 7.11. The second kappa shape index (κ2) is 7.75. The SMILES string of the molecule is CC(=NNC(=O)C(=O)Nc1cc(C)cc(C)c1)c1ccc(Cl)cc1. The van der Waals surface area contributed by atoms with Gasteiger partial charge in [-0.25, -0.2) is 5.43 Å². The summed E-state index contributed by atoms with van der Waals surface area (Å²) >= 11 is 5.82. The summed E-state index contributed by atoms with van der Waals surface area (Å²) in [5.74, 6) is -1.60. The maximum absolute atomic E-state index is 11.9. The minimum atomic E-state index is -0.831. The van der Waals surface area contributed by atoms with Crippen molar-refractivity contribution in [2.45, 2.75) is 20.8 Å². The van der Waals surface area contributed by atoms with Gasteiger partial charge in [-0.15, -0.1) is 0 Å². The second-order valence-electron chi connectivity index (χ2n) is 5.48. The van der Waals surface area contributed by atoms with E-state index >= 15 is 0 Å². The van der Waals surface area contributed by atoms with E-state index in [-0.39, 0.29) is 0 Å². The van der Waals surface area contributed by atoms with Crippen molar-refractivity contribution in [3.63, 3.8) is 0 Å². The smallest absolute Gasteiger partial charge is 0.318 e. The van der Waals surface area contributed by atoms with Gasteiger partial charge in [-0.3, -0.25) is 9.59 Å². The number of amides is 2. The number of nitrogens with zero attached hydrogens (tertiary/aromatic N) is 1. The highest BCUT2D eigenvalue weighted by Gasteiger charge is 2.13. The molecular weight excluding hydrogens is 326 g/mol. The summed E-state index contributed by atoms with van der Waals surface area (Å²) in [7, 11) is 0. The van der Waals surface area contributed by atoms with E-state index < -0.39 is 11.8 Å². The molecule has 2 N–H and O–H groups in total. The molecule has 0 fully saturated rings. The first-order valence-electron chi connectivity index (χ1n) is 7.35. The average Bonchev–Trinajstić information content (AvgIpc) is 2.51. The molecule has 6 heteroatoms. The molecule has 5 nitrogen and oxygen atoms in total. The topological polar surface area (TPSA) is 70.6 Å². The molecule has 0 aliphatic heterocycles. The third-order valence-electron chi connectivity index (χ3n) is 3.27. The molecule has 2 aromatic carbocycles. The van der Waals surface area contributed by atoms with Crippen molar-refractivity contribution in [3.05, 3.63) is 64.2 Å². The van der Waals surface area contributed by atoms with Crippen LogP contribution in [0.4, 0.5) is 5.69 Å². The minimum absolute atomic E-state index is 0.569. The molecule has 0 bridgehead atoms. The number of halogens is 1. The number of carbonyl (C=O) groups excluding carboxylic acids is 2. The van der Waals surface area contributed by atoms with E-state index in [4.69, 9.17) is 11.6 Å². The first-order chi connectivity index (χ1) is 11.3. The Morgan fingerprint density at radius 3 is 2.12 bits per heavy atom. The Labute approximate surface area is 145 Å². The molecule has 2 aromatic rings. The van der Waals surface area contributed by atoms with Crippen molar-refractivity contribution in [2.75, 3.05) is 5.32 Å². The molecule has 0 heterocycles. The Morgan fingerprint density at radius 2 is 1.54 bits per heavy atom. The lowest BCUT2D eigenvalue weighted by molar-refractivity contribution is -0.136. The Bertz CT molecular complexity index is 778. The number of anilines is 1. The van der Waals surface area contributed by atoms with Crippen LogP contribution < -0.4 is 10.7 Å². The van der Waals surface area contributed by atoms with Crippen molar-refractivity contribution in [3.8, 4) is 0 Å². The lowest BCUT2D eigenvalue weighted by Crippen LogP contribution is -2.33. The maximum Gasteiger partial charge on any atom is 0.329 e. The molecule has 0 saturated heterocycles. The van der Waals surface area contributed by atoms with Gasteiger partial charge in [0.15, 0.2) is 0 Å². The zero-order valence-corrected chi connectivity index (χ0v) is 14.4. The molecule has 2 rings (SSSR count). The summed E-state index contributed by atoms with van der Waals surface area (Å²) < 4.78 is 0. The van der Waals surface area contributed by atoms with E-state index in [0.29, 0.717) is 16.4 Å². The van der Waals surface area contributed by atoms with Crippen LogP contribution in [0.25, 0.3) is 0 Å². The van der Waals surface area contributed by atoms with E-state index in [0.717, 1.165) is 16.7 Å². The third-order valence-corrected chi connectivity index (χ3v) is 3.52. The van der Waals surface area contributed by atoms with Crippen molar-refractivity contribution in [1.82, 2.24) is 5.43 Å². The van der Waals surface area contributed by atoms with Crippen LogP contribution >= 0.6 is 11.6 Å². The van der Waals surface area contributed by atoms with Crippen molar-refractivity contribution < 1.29 is 9.59 Å². The summed E-state index contributed by atoms with van der Waals surface area (Å²) in [6.45, 7) is 5.57. The maximum atomic E-state index is 11.9. The van der Waals surface area contributed by atoms with Crippen LogP contribution in [0.15, 0.2) is 47.6 Å². The zero-order valence-electron chi connectivity index (χ0n) is 13.7. The highest BCUT2D eigenvalue weighted by atomic mass is 35.5. The highest BCUT2D eigenvalue weighted by Crippen LogP contribution is 2.13. The first kappa shape index (κ1) is 17.7. The van der Waals surface area contributed by atoms with E-state index in [1.54, 1.807) is 43.3 Å². The second-order valence-corrected chi connectivity index (χ2v) is 5.91. The van der Waals surface area contributed by atoms with E-state index in [1.165, 1.54) is 0 Å². The highest BCUT2D eigenvalue weighted by molar-refractivity contribution is 6.39. The monoisotopic (exact) mass is 343 g/mol. The number of hydrazone groups is 1. The van der Waals surface area contributed by atoms with Gasteiger partial charge in [-0.1, -0.05) is 29.8 Å². The molecule has 24 heavy (non-hydrogen) atoms. The average molecular weight is 344 g/mol. The number of carbonyl (C=O) groups is 2. The van der Waals surface area contributed by atoms with Gasteiger partial charge in [0.05, 0.1) is 5.71 Å². The summed E-state index contributed by atoms with van der Waals surface area (Å²) in [5.41, 5.74) is 6.20. The van der Waals surface area contributed by atoms with Gasteiger partial charge >= 0.3 is 11.8 Å². The molecule has 0 aromatic heterocycles. The van der Waals surface area contributed by atoms with Crippen molar-refractivity contribution >= 4 is 34.8 Å². The molecular formula is C18H18ClN3O2. The van der Waals surface area contributed by atoms with Gasteiger partial charge in [0, 0.05) is 10.7 Å². The number of rotatable bonds is 3. The Kier molecular flexibility index (Phi) is 5.71. The quantitative estimate of drug-likeness (QED) is 0.509. The predicted molar refractivity (Wildman–Crippen MR) is 96.4 cm³/mol. The predicted octanol–water partition coefficient (Wildman–Crippen LogP) is 3.44. The zero-order chi connectivity index (χ0) is 17.7. The van der Waals surface area contributed by atoms with Crippen LogP contribution in [-0.4, -0.2) is 17.5 Å². The largest absolute Gasteiger partial charge is 0.329 e. The molecule has 0 unspecified atom stereocenters. The molecule has 0 atom stereocenters. The Balaban J connectivity index is 1.99. The van der Waals surface area contributed by atoms with E-state index in [9.17, 15) is 9.59 Å². The summed E-state index contributed by atoms with van der Waals surface area (Å²) in [4.78, 5) is 23.8. The van der Waals surface area contributed by atoms with Gasteiger partial charge in [0.25, 0.3) is 0 Å². The van der Waals surface area contributed by atoms with Crippen LogP contribution in [-0.2, 0) is 9.59 Å². The molecule has 0 aliphatic rings. The fourth-order valence-corrected chi connectivity index (χ4v) is 2.30. The summed E-state index contributed by atoms with van der Waals surface area (Å²) in [6, 6.07) is 12.6. The molecule has 124 valence electrons. The van der Waals surface area contributed by atoms with Crippen LogP contribution in [0, 0.1) is 13.8 Å². The van der Waals surface area contributed by atoms with Gasteiger partial charge in [-0.05, 0) is 61.7 Å². The Hall–Kier alpha value is -2.66. The van der Waals surface area contributed by atoms with E-state index in [1.807, 2.05) is 19.9 Å². The molecule has 0 saturated carbocycles. The van der Waals surface area contributed by atoms with Crippen LogP contribution in [0.5, 0.6) is 0 Å². The number of benzene rings is 2. The number of nitrogens with one attached hydrogen (secondary N) is 2. The van der Waals surface area contributed by atoms with Crippen LogP contribution in [0.1, 0.15) is 23.6 Å². The normalized spacial score (nSPS) is 11.1. The molecule has 0 aliphatic carbocycles. The number of hydrogen-bond donors (Lipinski definition) is 2. The number of aryl methyl sites for hydroxylation is 2. The van der Waals surface area contributed by atoms with Gasteiger partial charge in [0.2, 0.25) is 0 Å². The Morgan fingerprint density at radius 1 is 0.958 bits per heavy atom. The third kappa shape index (κ3) is 4.93. The fraction of sp³-hybridized carbons (Fsp3) is 0.167. The van der Waals surface area contributed by atoms with Crippen LogP contribution in [0.2, 0.25) is 5.02 Å². The van der Waals surface area contributed by atoms with Crippen molar-refractivity contribution in [2.24, 2.45) is 5.10 Å². The number of hydrogen-bond acceptors (Lipinski definition) is 3. The lowest BCUT2D eigenvalue weighted by Gasteiger charge is -2.07. The van der Waals surface area contributed by atoms with Gasteiger partial charge < -0.3 is 5.32 Å². The van der Waals surface area contributed by atoms with Crippen LogP contribution in [0.3, 0.4) is 0 Å². The van der Waals surface area contributed by atoms with Crippen molar-refractivity contribution in [1.29, 1.82) is 0 Å². The fourth-order valence-electron chi connectivity index (χ4n) is 2.18. The standard InChI is InChI=1S/C18H18ClN3O2/c1-11-8-12(2)10-16(9-11)20-17(23)18(24)22-21-13(3)14-4-6-15(19)7-5-14/h4-10H,1-3H3,(H,20,23)(H,22,24). The molecule has 0 radical (unpaired) electrons. The summed E-state index contributed by atoms with van der Waals surface area (Å²) in [6.07, 6.45) is 0. The van der Waals surface area contributed by atoms with E-state index in [2.05, 4.69) is 15.8 Å².